The van der Waals surface area contributed by atoms with Crippen LogP contribution in [0.3, 0.4) is 0 Å². The highest BCUT2D eigenvalue weighted by atomic mass is 16.6. The van der Waals surface area contributed by atoms with Crippen molar-refractivity contribution in [3.05, 3.63) is 35.9 Å². The molecule has 1 atom stereocenters. The normalized spacial score (nSPS) is 11.7. The fourth-order valence-corrected chi connectivity index (χ4v) is 1.50. The summed E-state index contributed by atoms with van der Waals surface area (Å²) in [7, 11) is 0. The maximum Gasteiger partial charge on any atom is 0.339 e. The molecule has 0 aliphatic carbocycles. The molecule has 1 aromatic carbocycles. The van der Waals surface area contributed by atoms with E-state index in [1.54, 1.807) is 38.1 Å². The molecule has 1 rings (SSSR count). The van der Waals surface area contributed by atoms with E-state index in [1.165, 1.54) is 0 Å². The fraction of sp³-hybridized carbons (Fsp3) is 0.429. The van der Waals surface area contributed by atoms with Gasteiger partial charge in [0.2, 0.25) is 0 Å². The van der Waals surface area contributed by atoms with Gasteiger partial charge in [-0.2, -0.15) is 0 Å². The van der Waals surface area contributed by atoms with Gasteiger partial charge in [0.25, 0.3) is 0 Å². The highest BCUT2D eigenvalue weighted by Crippen LogP contribution is 2.18. The van der Waals surface area contributed by atoms with Crippen LogP contribution in [0.25, 0.3) is 0 Å². The Kier molecular flexibility index (Phi) is 6.60. The van der Waals surface area contributed by atoms with Crippen molar-refractivity contribution in [3.63, 3.8) is 0 Å². The summed E-state index contributed by atoms with van der Waals surface area (Å²) in [4.78, 5) is 23.1. The molecule has 0 unspecified atom stereocenters. The molecule has 0 spiro atoms. The van der Waals surface area contributed by atoms with Gasteiger partial charge in [-0.05, 0) is 19.4 Å². The molecule has 0 aliphatic rings. The number of ether oxygens (including phenoxy) is 3. The van der Waals surface area contributed by atoms with Gasteiger partial charge < -0.3 is 14.2 Å². The predicted molar refractivity (Wildman–Crippen MR) is 68.4 cm³/mol. The molecular weight excluding hydrogens is 248 g/mol. The predicted octanol–water partition coefficient (Wildman–Crippen LogP) is 1.87. The molecule has 19 heavy (non-hydrogen) atoms. The zero-order valence-corrected chi connectivity index (χ0v) is 11.1. The summed E-state index contributed by atoms with van der Waals surface area (Å²) in [6.45, 7) is 3.66. The second kappa shape index (κ2) is 8.26. The van der Waals surface area contributed by atoms with E-state index >= 15 is 0 Å². The average Bonchev–Trinajstić information content (AvgIpc) is 2.41. The van der Waals surface area contributed by atoms with Gasteiger partial charge in [0.15, 0.2) is 6.10 Å². The molecule has 5 heteroatoms. The van der Waals surface area contributed by atoms with Gasteiger partial charge in [0.05, 0.1) is 13.2 Å². The second-order valence-corrected chi connectivity index (χ2v) is 3.66. The van der Waals surface area contributed by atoms with Crippen LogP contribution in [0.5, 0.6) is 0 Å². The van der Waals surface area contributed by atoms with Gasteiger partial charge in [-0.25, -0.2) is 9.59 Å². The topological polar surface area (TPSA) is 61.8 Å². The van der Waals surface area contributed by atoms with Gasteiger partial charge in [0, 0.05) is 0 Å². The van der Waals surface area contributed by atoms with Crippen LogP contribution in [0.1, 0.15) is 25.5 Å². The third-order valence-corrected chi connectivity index (χ3v) is 2.28. The van der Waals surface area contributed by atoms with Crippen LogP contribution in [0.2, 0.25) is 0 Å². The summed E-state index contributed by atoms with van der Waals surface area (Å²) in [5.41, 5.74) is 0.644. The summed E-state index contributed by atoms with van der Waals surface area (Å²) >= 11 is 0. The molecule has 0 radical (unpaired) electrons. The Bertz CT molecular complexity index is 402. The van der Waals surface area contributed by atoms with E-state index in [-0.39, 0.29) is 19.8 Å². The lowest BCUT2D eigenvalue weighted by molar-refractivity contribution is -0.163. The molecule has 0 N–H and O–H groups in total. The van der Waals surface area contributed by atoms with E-state index in [0.717, 1.165) is 0 Å². The quantitative estimate of drug-likeness (QED) is 0.705. The molecular formula is C14H18O5. The fourth-order valence-electron chi connectivity index (χ4n) is 1.50. The Balaban J connectivity index is 2.70. The minimum atomic E-state index is -0.912. The standard InChI is InChI=1S/C14H18O5/c1-3-17-12(15)10-19-13(14(16)18-4-2)11-8-6-5-7-9-11/h5-9,13H,3-4,10H2,1-2H3/t13-/m1/s1. The molecule has 0 amide bonds. The largest absolute Gasteiger partial charge is 0.464 e. The lowest BCUT2D eigenvalue weighted by Crippen LogP contribution is -2.23. The monoisotopic (exact) mass is 266 g/mol. The van der Waals surface area contributed by atoms with Crippen LogP contribution in [0, 0.1) is 0 Å². The first-order valence-corrected chi connectivity index (χ1v) is 6.17. The van der Waals surface area contributed by atoms with Crippen molar-refractivity contribution in [2.75, 3.05) is 19.8 Å². The SMILES string of the molecule is CCOC(=O)CO[C@@H](C(=O)OCC)c1ccccc1. The molecule has 1 aromatic rings. The van der Waals surface area contributed by atoms with Crippen molar-refractivity contribution in [3.8, 4) is 0 Å². The number of hydrogen-bond acceptors (Lipinski definition) is 5. The summed E-state index contributed by atoms with van der Waals surface area (Å²) in [5, 5.41) is 0. The second-order valence-electron chi connectivity index (χ2n) is 3.66. The maximum absolute atomic E-state index is 11.8. The molecule has 5 nitrogen and oxygen atoms in total. The summed E-state index contributed by atoms with van der Waals surface area (Å²) in [6.07, 6.45) is -0.912. The zero-order chi connectivity index (χ0) is 14.1. The highest BCUT2D eigenvalue weighted by molar-refractivity contribution is 5.77. The van der Waals surface area contributed by atoms with Crippen LogP contribution in [0.15, 0.2) is 30.3 Å². The van der Waals surface area contributed by atoms with Crippen molar-refractivity contribution in [1.82, 2.24) is 0 Å². The Morgan fingerprint density at radius 3 is 2.26 bits per heavy atom. The van der Waals surface area contributed by atoms with E-state index in [4.69, 9.17) is 14.2 Å². The van der Waals surface area contributed by atoms with Gasteiger partial charge in [-0.15, -0.1) is 0 Å². The summed E-state index contributed by atoms with van der Waals surface area (Å²) in [6, 6.07) is 8.89. The lowest BCUT2D eigenvalue weighted by Gasteiger charge is -2.16. The summed E-state index contributed by atoms with van der Waals surface area (Å²) in [5.74, 6) is -1.02. The Hall–Kier alpha value is -1.88. The van der Waals surface area contributed by atoms with Crippen molar-refractivity contribution in [2.24, 2.45) is 0 Å². The molecule has 0 saturated heterocycles. The van der Waals surface area contributed by atoms with Crippen molar-refractivity contribution < 1.29 is 23.8 Å². The summed E-state index contributed by atoms with van der Waals surface area (Å²) < 4.78 is 15.0. The first-order valence-electron chi connectivity index (χ1n) is 6.17. The van der Waals surface area contributed by atoms with Crippen LogP contribution >= 0.6 is 0 Å². The third kappa shape index (κ3) is 5.09. The number of rotatable bonds is 7. The minimum Gasteiger partial charge on any atom is -0.464 e. The maximum atomic E-state index is 11.8. The zero-order valence-electron chi connectivity index (χ0n) is 11.1. The molecule has 0 fully saturated rings. The Morgan fingerprint density at radius 1 is 1.05 bits per heavy atom. The van der Waals surface area contributed by atoms with Crippen molar-refractivity contribution >= 4 is 11.9 Å². The number of benzene rings is 1. The Morgan fingerprint density at radius 2 is 1.68 bits per heavy atom. The smallest absolute Gasteiger partial charge is 0.339 e. The lowest BCUT2D eigenvalue weighted by atomic mass is 10.1. The van der Waals surface area contributed by atoms with E-state index in [2.05, 4.69) is 0 Å². The molecule has 0 aromatic heterocycles. The van der Waals surface area contributed by atoms with Crippen molar-refractivity contribution in [2.45, 2.75) is 20.0 Å². The molecule has 0 heterocycles. The first kappa shape index (κ1) is 15.2. The van der Waals surface area contributed by atoms with Gasteiger partial charge >= 0.3 is 11.9 Å². The van der Waals surface area contributed by atoms with Gasteiger partial charge in [0.1, 0.15) is 6.61 Å². The van der Waals surface area contributed by atoms with Crippen LogP contribution in [0.4, 0.5) is 0 Å². The first-order chi connectivity index (χ1) is 9.19. The number of carbonyl (C=O) groups excluding carboxylic acids is 2. The van der Waals surface area contributed by atoms with E-state index in [0.29, 0.717) is 5.56 Å². The molecule has 0 saturated carbocycles. The third-order valence-electron chi connectivity index (χ3n) is 2.28. The van der Waals surface area contributed by atoms with Crippen molar-refractivity contribution in [1.29, 1.82) is 0 Å². The number of esters is 2. The van der Waals surface area contributed by atoms with Crippen LogP contribution in [-0.2, 0) is 23.8 Å². The average molecular weight is 266 g/mol. The van der Waals surface area contributed by atoms with Gasteiger partial charge in [-0.1, -0.05) is 30.3 Å². The Labute approximate surface area is 112 Å². The van der Waals surface area contributed by atoms with Gasteiger partial charge in [-0.3, -0.25) is 0 Å². The molecule has 104 valence electrons. The molecule has 0 aliphatic heterocycles. The number of hydrogen-bond donors (Lipinski definition) is 0. The molecule has 0 bridgehead atoms. The number of carbonyl (C=O) groups is 2. The highest BCUT2D eigenvalue weighted by Gasteiger charge is 2.23. The van der Waals surface area contributed by atoms with E-state index in [1.807, 2.05) is 6.07 Å². The minimum absolute atomic E-state index is 0.255. The van der Waals surface area contributed by atoms with E-state index < -0.39 is 18.0 Å². The van der Waals surface area contributed by atoms with Crippen LogP contribution < -0.4 is 0 Å². The van der Waals surface area contributed by atoms with E-state index in [9.17, 15) is 9.59 Å². The van der Waals surface area contributed by atoms with Crippen LogP contribution in [-0.4, -0.2) is 31.8 Å².